The van der Waals surface area contributed by atoms with Crippen LogP contribution in [0, 0.1) is 0 Å². The Kier molecular flexibility index (Phi) is 20.2. The number of nitrogens with two attached hydrogens (primary N) is 1. The maximum Gasteiger partial charge on any atom is 0.303 e. The van der Waals surface area contributed by atoms with E-state index in [4.69, 9.17) is 10.8 Å². The standard InChI is InChI=1S/C23H43N3O5S/c1-19(27)18-32-17-14-21(28)26-20(13-15-24)23(31)25-16-11-9-7-5-3-2-4-6-8-10-12-22(29)30/h20H,2-18,24H2,1H3,(H,25,31)(H,26,28)(H,29,30)/t20-/m0/s1. The highest BCUT2D eigenvalue weighted by molar-refractivity contribution is 7.99. The number of carbonyl (C=O) groups is 4. The van der Waals surface area contributed by atoms with Crippen LogP contribution in [0.5, 0.6) is 0 Å². The summed E-state index contributed by atoms with van der Waals surface area (Å²) in [6, 6.07) is -0.610. The van der Waals surface area contributed by atoms with E-state index < -0.39 is 12.0 Å². The topological polar surface area (TPSA) is 139 Å². The number of carboxylic acids is 1. The zero-order chi connectivity index (χ0) is 24.0. The van der Waals surface area contributed by atoms with Gasteiger partial charge in [-0.25, -0.2) is 0 Å². The number of amides is 2. The molecule has 0 aromatic carbocycles. The summed E-state index contributed by atoms with van der Waals surface area (Å²) in [5.74, 6) is -0.0697. The van der Waals surface area contributed by atoms with E-state index in [0.717, 1.165) is 38.5 Å². The van der Waals surface area contributed by atoms with Gasteiger partial charge in [0.15, 0.2) is 0 Å². The van der Waals surface area contributed by atoms with Crippen molar-refractivity contribution in [3.8, 4) is 0 Å². The van der Waals surface area contributed by atoms with Gasteiger partial charge in [-0.2, -0.15) is 11.8 Å². The summed E-state index contributed by atoms with van der Waals surface area (Å²) in [5.41, 5.74) is 5.58. The fraction of sp³-hybridized carbons (Fsp3) is 0.826. The van der Waals surface area contributed by atoms with Gasteiger partial charge in [0.25, 0.3) is 0 Å². The molecule has 0 radical (unpaired) electrons. The lowest BCUT2D eigenvalue weighted by atomic mass is 10.1. The Morgan fingerprint density at radius 3 is 1.97 bits per heavy atom. The molecule has 2 amide bonds. The average molecular weight is 474 g/mol. The molecule has 0 saturated carbocycles. The van der Waals surface area contributed by atoms with E-state index in [9.17, 15) is 19.2 Å². The Bertz CT molecular complexity index is 546. The van der Waals surface area contributed by atoms with Gasteiger partial charge in [0.2, 0.25) is 11.8 Å². The van der Waals surface area contributed by atoms with Crippen LogP contribution in [0.15, 0.2) is 0 Å². The summed E-state index contributed by atoms with van der Waals surface area (Å²) < 4.78 is 0. The van der Waals surface area contributed by atoms with Crippen LogP contribution >= 0.6 is 11.8 Å². The lowest BCUT2D eigenvalue weighted by Crippen LogP contribution is -2.48. The van der Waals surface area contributed by atoms with E-state index in [0.29, 0.717) is 31.0 Å². The van der Waals surface area contributed by atoms with Crippen LogP contribution < -0.4 is 16.4 Å². The largest absolute Gasteiger partial charge is 0.481 e. The van der Waals surface area contributed by atoms with Gasteiger partial charge in [-0.05, 0) is 32.7 Å². The molecular formula is C23H43N3O5S. The van der Waals surface area contributed by atoms with Crippen molar-refractivity contribution in [3.05, 3.63) is 0 Å². The van der Waals surface area contributed by atoms with Crippen molar-refractivity contribution in [2.45, 2.75) is 96.4 Å². The van der Waals surface area contributed by atoms with Crippen molar-refractivity contribution in [3.63, 3.8) is 0 Å². The third kappa shape index (κ3) is 20.3. The van der Waals surface area contributed by atoms with Crippen molar-refractivity contribution in [1.82, 2.24) is 10.6 Å². The number of nitrogens with one attached hydrogen (secondary N) is 2. The smallest absolute Gasteiger partial charge is 0.303 e. The molecule has 9 heteroatoms. The molecule has 0 aromatic rings. The molecule has 32 heavy (non-hydrogen) atoms. The maximum absolute atomic E-state index is 12.3. The molecule has 0 aliphatic heterocycles. The molecule has 0 spiro atoms. The second kappa shape index (κ2) is 21.2. The SMILES string of the molecule is CC(=O)CSCCC(=O)N[C@@H](CCN)C(=O)NCCCCCCCCCCCCC(=O)O. The van der Waals surface area contributed by atoms with Gasteiger partial charge in [0.05, 0.1) is 5.75 Å². The number of ketones is 1. The summed E-state index contributed by atoms with van der Waals surface area (Å²) in [7, 11) is 0. The van der Waals surface area contributed by atoms with Crippen LogP contribution in [0.3, 0.4) is 0 Å². The van der Waals surface area contributed by atoms with Gasteiger partial charge in [-0.3, -0.25) is 19.2 Å². The van der Waals surface area contributed by atoms with Crippen molar-refractivity contribution in [2.75, 3.05) is 24.6 Å². The first kappa shape index (κ1) is 30.4. The molecular weight excluding hydrogens is 430 g/mol. The molecule has 0 saturated heterocycles. The van der Waals surface area contributed by atoms with Crippen LogP contribution in [0.2, 0.25) is 0 Å². The molecule has 0 fully saturated rings. The highest BCUT2D eigenvalue weighted by Crippen LogP contribution is 2.11. The summed E-state index contributed by atoms with van der Waals surface area (Å²) in [6.07, 6.45) is 11.7. The molecule has 1 atom stereocenters. The van der Waals surface area contributed by atoms with Gasteiger partial charge in [0.1, 0.15) is 11.8 Å². The lowest BCUT2D eigenvalue weighted by Gasteiger charge is -2.18. The quantitative estimate of drug-likeness (QED) is 0.177. The molecule has 0 aliphatic rings. The predicted molar refractivity (Wildman–Crippen MR) is 130 cm³/mol. The number of unbranched alkanes of at least 4 members (excludes halogenated alkanes) is 9. The fourth-order valence-corrected chi connectivity index (χ4v) is 3.99. The second-order valence-electron chi connectivity index (χ2n) is 8.17. The van der Waals surface area contributed by atoms with Crippen molar-refractivity contribution < 1.29 is 24.3 Å². The molecule has 0 bridgehead atoms. The van der Waals surface area contributed by atoms with Crippen LogP contribution in [0.1, 0.15) is 90.4 Å². The summed E-state index contributed by atoms with van der Waals surface area (Å²) >= 11 is 1.41. The monoisotopic (exact) mass is 473 g/mol. The van der Waals surface area contributed by atoms with Crippen molar-refractivity contribution >= 4 is 35.3 Å². The Morgan fingerprint density at radius 2 is 1.44 bits per heavy atom. The number of hydrogen-bond acceptors (Lipinski definition) is 6. The summed E-state index contributed by atoms with van der Waals surface area (Å²) in [6.45, 7) is 2.43. The molecule has 186 valence electrons. The van der Waals surface area contributed by atoms with E-state index in [2.05, 4.69) is 10.6 Å². The van der Waals surface area contributed by atoms with Gasteiger partial charge in [-0.15, -0.1) is 0 Å². The number of carbonyl (C=O) groups excluding carboxylic acids is 3. The third-order valence-corrected chi connectivity index (χ3v) is 6.11. The van der Waals surface area contributed by atoms with Crippen LogP contribution in [0.25, 0.3) is 0 Å². The third-order valence-electron chi connectivity index (χ3n) is 5.00. The predicted octanol–water partition coefficient (Wildman–Crippen LogP) is 3.02. The number of aliphatic carboxylic acids is 1. The number of hydrogen-bond donors (Lipinski definition) is 4. The maximum atomic E-state index is 12.3. The highest BCUT2D eigenvalue weighted by Gasteiger charge is 2.19. The zero-order valence-corrected chi connectivity index (χ0v) is 20.5. The summed E-state index contributed by atoms with van der Waals surface area (Å²) in [4.78, 5) is 45.7. The lowest BCUT2D eigenvalue weighted by molar-refractivity contribution is -0.137. The second-order valence-corrected chi connectivity index (χ2v) is 9.28. The van der Waals surface area contributed by atoms with E-state index in [1.807, 2.05) is 0 Å². The minimum absolute atomic E-state index is 0.0840. The van der Waals surface area contributed by atoms with Gasteiger partial charge in [-0.1, -0.05) is 51.4 Å². The average Bonchev–Trinajstić information content (AvgIpc) is 2.73. The molecule has 0 heterocycles. The number of thioether (sulfide) groups is 1. The van der Waals surface area contributed by atoms with Crippen LogP contribution in [0.4, 0.5) is 0 Å². The van der Waals surface area contributed by atoms with Crippen LogP contribution in [-0.2, 0) is 19.2 Å². The Morgan fingerprint density at radius 1 is 0.875 bits per heavy atom. The first-order chi connectivity index (χ1) is 15.4. The van der Waals surface area contributed by atoms with E-state index in [1.54, 1.807) is 0 Å². The molecule has 0 aliphatic carbocycles. The number of Topliss-reactive ketones (excluding diaryl/α,β-unsaturated/α-hetero) is 1. The van der Waals surface area contributed by atoms with Gasteiger partial charge < -0.3 is 21.5 Å². The molecule has 0 unspecified atom stereocenters. The van der Waals surface area contributed by atoms with E-state index >= 15 is 0 Å². The highest BCUT2D eigenvalue weighted by atomic mass is 32.2. The Hall–Kier alpha value is -1.61. The van der Waals surface area contributed by atoms with Crippen LogP contribution in [-0.4, -0.2) is 59.3 Å². The molecule has 0 rings (SSSR count). The Labute approximate surface area is 197 Å². The first-order valence-corrected chi connectivity index (χ1v) is 13.1. The normalized spacial score (nSPS) is 11.7. The van der Waals surface area contributed by atoms with E-state index in [-0.39, 0.29) is 30.4 Å². The first-order valence-electron chi connectivity index (χ1n) is 11.9. The van der Waals surface area contributed by atoms with Gasteiger partial charge in [0, 0.05) is 25.1 Å². The van der Waals surface area contributed by atoms with Crippen molar-refractivity contribution in [1.29, 1.82) is 0 Å². The minimum Gasteiger partial charge on any atom is -0.481 e. The summed E-state index contributed by atoms with van der Waals surface area (Å²) in [5, 5.41) is 14.2. The molecule has 5 N–H and O–H groups in total. The molecule has 8 nitrogen and oxygen atoms in total. The Balaban J connectivity index is 3.73. The molecule has 0 aromatic heterocycles. The zero-order valence-electron chi connectivity index (χ0n) is 19.7. The number of carboxylic acid groups (broad SMARTS) is 1. The number of rotatable bonds is 22. The van der Waals surface area contributed by atoms with E-state index in [1.165, 1.54) is 44.4 Å². The van der Waals surface area contributed by atoms with Gasteiger partial charge >= 0.3 is 5.97 Å². The van der Waals surface area contributed by atoms with Crippen molar-refractivity contribution in [2.24, 2.45) is 5.73 Å². The fourth-order valence-electron chi connectivity index (χ4n) is 3.23. The minimum atomic E-state index is -0.711.